The largest absolute Gasteiger partial charge is 0.307 e. The first-order chi connectivity index (χ1) is 7.77. The summed E-state index contributed by atoms with van der Waals surface area (Å²) in [4.78, 5) is 5.75. The molecule has 3 nitrogen and oxygen atoms in total. The average molecular weight is 237 g/mol. The summed E-state index contributed by atoms with van der Waals surface area (Å²) in [6.45, 7) is 6.72. The lowest BCUT2D eigenvalue weighted by molar-refractivity contribution is 0.555. The summed E-state index contributed by atoms with van der Waals surface area (Å²) >= 11 is 1.78. The maximum Gasteiger partial charge on any atom is 0.109 e. The van der Waals surface area contributed by atoms with Crippen LogP contribution < -0.4 is 10.6 Å². The molecule has 4 heteroatoms. The van der Waals surface area contributed by atoms with Crippen molar-refractivity contribution >= 4 is 11.3 Å². The predicted molar refractivity (Wildman–Crippen MR) is 69.6 cm³/mol. The Bertz CT molecular complexity index is 340. The van der Waals surface area contributed by atoms with E-state index in [1.54, 1.807) is 11.3 Å². The Kier molecular flexibility index (Phi) is 6.09. The SMILES string of the molecule is C#CCNCCNC(C)c1ncc(CC)s1. The van der Waals surface area contributed by atoms with Gasteiger partial charge in [-0.1, -0.05) is 12.8 Å². The first-order valence-electron chi connectivity index (χ1n) is 5.60. The molecular weight excluding hydrogens is 218 g/mol. The van der Waals surface area contributed by atoms with Gasteiger partial charge in [0.1, 0.15) is 5.01 Å². The number of aryl methyl sites for hydroxylation is 1. The van der Waals surface area contributed by atoms with Gasteiger partial charge < -0.3 is 10.6 Å². The molecule has 1 rings (SSSR count). The van der Waals surface area contributed by atoms with Gasteiger partial charge in [-0.25, -0.2) is 4.98 Å². The van der Waals surface area contributed by atoms with Crippen molar-refractivity contribution in [3.05, 3.63) is 16.1 Å². The van der Waals surface area contributed by atoms with Crippen molar-refractivity contribution in [1.29, 1.82) is 0 Å². The van der Waals surface area contributed by atoms with Crippen molar-refractivity contribution in [2.75, 3.05) is 19.6 Å². The van der Waals surface area contributed by atoms with Gasteiger partial charge in [0.15, 0.2) is 0 Å². The fourth-order valence-electron chi connectivity index (χ4n) is 1.31. The molecule has 0 aromatic carbocycles. The molecule has 0 aliphatic heterocycles. The Morgan fingerprint density at radius 3 is 3.00 bits per heavy atom. The summed E-state index contributed by atoms with van der Waals surface area (Å²) in [6, 6.07) is 0.318. The number of aromatic nitrogens is 1. The van der Waals surface area contributed by atoms with Crippen molar-refractivity contribution in [3.8, 4) is 12.3 Å². The Hall–Kier alpha value is -0.890. The summed E-state index contributed by atoms with van der Waals surface area (Å²) in [6.07, 6.45) is 8.17. The van der Waals surface area contributed by atoms with Crippen LogP contribution in [0.25, 0.3) is 0 Å². The summed E-state index contributed by atoms with van der Waals surface area (Å²) in [5.41, 5.74) is 0. The zero-order valence-electron chi connectivity index (χ0n) is 9.92. The van der Waals surface area contributed by atoms with Crippen LogP contribution in [0.15, 0.2) is 6.20 Å². The Labute approximate surface area is 102 Å². The van der Waals surface area contributed by atoms with Crippen LogP contribution in [-0.4, -0.2) is 24.6 Å². The first kappa shape index (κ1) is 13.2. The minimum absolute atomic E-state index is 0.318. The van der Waals surface area contributed by atoms with Crippen molar-refractivity contribution in [2.45, 2.75) is 26.3 Å². The second-order valence-electron chi connectivity index (χ2n) is 3.58. The predicted octanol–water partition coefficient (Wildman–Crippen LogP) is 1.58. The van der Waals surface area contributed by atoms with Gasteiger partial charge >= 0.3 is 0 Å². The number of terminal acetylenes is 1. The molecule has 0 saturated carbocycles. The molecule has 0 saturated heterocycles. The van der Waals surface area contributed by atoms with E-state index in [0.29, 0.717) is 12.6 Å². The van der Waals surface area contributed by atoms with Crippen LogP contribution in [0.5, 0.6) is 0 Å². The highest BCUT2D eigenvalue weighted by Crippen LogP contribution is 2.19. The van der Waals surface area contributed by atoms with Crippen molar-refractivity contribution in [2.24, 2.45) is 0 Å². The van der Waals surface area contributed by atoms with Crippen molar-refractivity contribution in [3.63, 3.8) is 0 Å². The topological polar surface area (TPSA) is 37.0 Å². The fourth-order valence-corrected chi connectivity index (χ4v) is 2.20. The standard InChI is InChI=1S/C12H19N3S/c1-4-6-13-7-8-14-10(3)12-15-9-11(5-2)16-12/h1,9-10,13-14H,5-8H2,2-3H3. The summed E-state index contributed by atoms with van der Waals surface area (Å²) in [5.74, 6) is 2.55. The second-order valence-corrected chi connectivity index (χ2v) is 4.72. The van der Waals surface area contributed by atoms with Gasteiger partial charge in [-0.15, -0.1) is 17.8 Å². The summed E-state index contributed by atoms with van der Waals surface area (Å²) in [7, 11) is 0. The van der Waals surface area contributed by atoms with E-state index < -0.39 is 0 Å². The summed E-state index contributed by atoms with van der Waals surface area (Å²) in [5, 5.41) is 7.72. The zero-order valence-corrected chi connectivity index (χ0v) is 10.7. The van der Waals surface area contributed by atoms with E-state index in [2.05, 4.69) is 35.4 Å². The van der Waals surface area contributed by atoms with Crippen LogP contribution in [0, 0.1) is 12.3 Å². The molecule has 0 amide bonds. The van der Waals surface area contributed by atoms with Crippen molar-refractivity contribution in [1.82, 2.24) is 15.6 Å². The molecule has 0 fully saturated rings. The Balaban J connectivity index is 2.24. The molecule has 1 unspecified atom stereocenters. The lowest BCUT2D eigenvalue weighted by atomic mass is 10.3. The molecule has 1 atom stereocenters. The van der Waals surface area contributed by atoms with E-state index in [-0.39, 0.29) is 0 Å². The molecular formula is C12H19N3S. The molecule has 1 heterocycles. The highest BCUT2D eigenvalue weighted by atomic mass is 32.1. The van der Waals surface area contributed by atoms with Crippen molar-refractivity contribution < 1.29 is 0 Å². The van der Waals surface area contributed by atoms with E-state index in [1.807, 2.05) is 6.20 Å². The molecule has 0 spiro atoms. The highest BCUT2D eigenvalue weighted by Gasteiger charge is 2.08. The molecule has 1 aromatic heterocycles. The van der Waals surface area contributed by atoms with Crippen LogP contribution in [0.2, 0.25) is 0 Å². The lowest BCUT2D eigenvalue weighted by Crippen LogP contribution is -2.29. The zero-order chi connectivity index (χ0) is 11.8. The number of rotatable bonds is 7. The van der Waals surface area contributed by atoms with E-state index >= 15 is 0 Å². The van der Waals surface area contributed by atoms with E-state index in [4.69, 9.17) is 6.42 Å². The molecule has 0 aliphatic carbocycles. The average Bonchev–Trinajstić information content (AvgIpc) is 2.77. The highest BCUT2D eigenvalue weighted by molar-refractivity contribution is 7.11. The normalized spacial score (nSPS) is 12.3. The van der Waals surface area contributed by atoms with Gasteiger partial charge in [-0.2, -0.15) is 0 Å². The molecule has 1 aromatic rings. The quantitative estimate of drug-likeness (QED) is 0.558. The number of nitrogens with one attached hydrogen (secondary N) is 2. The first-order valence-corrected chi connectivity index (χ1v) is 6.41. The van der Waals surface area contributed by atoms with Crippen LogP contribution in [-0.2, 0) is 6.42 Å². The second kappa shape index (κ2) is 7.39. The molecule has 16 heavy (non-hydrogen) atoms. The number of nitrogens with zero attached hydrogens (tertiary/aromatic N) is 1. The molecule has 2 N–H and O–H groups in total. The van der Waals surface area contributed by atoms with Crippen LogP contribution >= 0.6 is 11.3 Å². The maximum atomic E-state index is 5.14. The fraction of sp³-hybridized carbons (Fsp3) is 0.583. The monoisotopic (exact) mass is 237 g/mol. The molecule has 0 bridgehead atoms. The van der Waals surface area contributed by atoms with E-state index in [9.17, 15) is 0 Å². The third-order valence-corrected chi connectivity index (χ3v) is 3.59. The van der Waals surface area contributed by atoms with Gasteiger partial charge in [0.25, 0.3) is 0 Å². The van der Waals surface area contributed by atoms with Gasteiger partial charge in [-0.05, 0) is 13.3 Å². The number of hydrogen-bond donors (Lipinski definition) is 2. The van der Waals surface area contributed by atoms with Gasteiger partial charge in [0, 0.05) is 24.2 Å². The van der Waals surface area contributed by atoms with E-state index in [1.165, 1.54) is 4.88 Å². The number of thiazole rings is 1. The third kappa shape index (κ3) is 4.31. The Morgan fingerprint density at radius 2 is 2.38 bits per heavy atom. The smallest absolute Gasteiger partial charge is 0.109 e. The van der Waals surface area contributed by atoms with E-state index in [0.717, 1.165) is 24.5 Å². The third-order valence-electron chi connectivity index (χ3n) is 2.27. The molecule has 0 aliphatic rings. The maximum absolute atomic E-state index is 5.14. The lowest BCUT2D eigenvalue weighted by Gasteiger charge is -2.10. The molecule has 88 valence electrons. The van der Waals surface area contributed by atoms with Gasteiger partial charge in [-0.3, -0.25) is 0 Å². The van der Waals surface area contributed by atoms with Crippen LogP contribution in [0.4, 0.5) is 0 Å². The van der Waals surface area contributed by atoms with Crippen LogP contribution in [0.1, 0.15) is 29.8 Å². The Morgan fingerprint density at radius 1 is 1.56 bits per heavy atom. The number of hydrogen-bond acceptors (Lipinski definition) is 4. The summed E-state index contributed by atoms with van der Waals surface area (Å²) < 4.78 is 0. The van der Waals surface area contributed by atoms with Gasteiger partial charge in [0.05, 0.1) is 12.6 Å². The minimum atomic E-state index is 0.318. The van der Waals surface area contributed by atoms with Crippen LogP contribution in [0.3, 0.4) is 0 Å². The minimum Gasteiger partial charge on any atom is -0.307 e. The molecule has 0 radical (unpaired) electrons. The van der Waals surface area contributed by atoms with Gasteiger partial charge in [0.2, 0.25) is 0 Å².